The van der Waals surface area contributed by atoms with E-state index in [-0.39, 0.29) is 17.1 Å². The number of rotatable bonds is 6. The highest BCUT2D eigenvalue weighted by molar-refractivity contribution is 6.35. The first-order chi connectivity index (χ1) is 11.4. The highest BCUT2D eigenvalue weighted by Gasteiger charge is 2.21. The molecule has 0 radical (unpaired) electrons. The Labute approximate surface area is 140 Å². The second kappa shape index (κ2) is 7.77. The lowest BCUT2D eigenvalue weighted by atomic mass is 10.0. The summed E-state index contributed by atoms with van der Waals surface area (Å²) in [4.78, 5) is 14.3. The molecule has 0 aromatic heterocycles. The SMILES string of the molecule is Cc1ccc(OB(F)F)c(C(=O)C=Cc2ccc(N(C)C)cc2)c1. The first-order valence-electron chi connectivity index (χ1n) is 7.42. The summed E-state index contributed by atoms with van der Waals surface area (Å²) in [7, 11) is 0.912. The van der Waals surface area contributed by atoms with Crippen molar-refractivity contribution in [1.82, 2.24) is 0 Å². The Kier molecular flexibility index (Phi) is 5.74. The standard InChI is InChI=1S/C18H18BF2NO2/c1-13-4-11-18(24-19(20)21)16(12-13)17(23)10-7-14-5-8-15(9-6-14)22(2)3/h4-12H,1-3H3. The van der Waals surface area contributed by atoms with Gasteiger partial charge in [0.05, 0.1) is 5.56 Å². The lowest BCUT2D eigenvalue weighted by Crippen LogP contribution is -2.11. The number of nitrogens with zero attached hydrogens (tertiary/aromatic N) is 1. The normalized spacial score (nSPS) is 10.7. The first kappa shape index (κ1) is 17.7. The third-order valence-corrected chi connectivity index (χ3v) is 3.45. The van der Waals surface area contributed by atoms with E-state index in [4.69, 9.17) is 0 Å². The molecule has 0 aliphatic rings. The molecular formula is C18H18BF2NO2. The number of halogens is 2. The monoisotopic (exact) mass is 329 g/mol. The van der Waals surface area contributed by atoms with Crippen molar-refractivity contribution in [1.29, 1.82) is 0 Å². The molecule has 24 heavy (non-hydrogen) atoms. The van der Waals surface area contributed by atoms with Gasteiger partial charge in [-0.05, 0) is 42.8 Å². The van der Waals surface area contributed by atoms with Crippen LogP contribution in [0.2, 0.25) is 0 Å². The van der Waals surface area contributed by atoms with E-state index in [1.165, 1.54) is 12.1 Å². The molecule has 2 rings (SSSR count). The lowest BCUT2D eigenvalue weighted by molar-refractivity contribution is 0.104. The van der Waals surface area contributed by atoms with Gasteiger partial charge in [0.25, 0.3) is 0 Å². The Hall–Kier alpha value is -2.63. The second-order valence-electron chi connectivity index (χ2n) is 5.56. The van der Waals surface area contributed by atoms with Crippen LogP contribution in [0.15, 0.2) is 48.5 Å². The number of allylic oxidation sites excluding steroid dienone is 1. The summed E-state index contributed by atoms with van der Waals surface area (Å²) in [5.41, 5.74) is 2.81. The van der Waals surface area contributed by atoms with Gasteiger partial charge in [-0.2, -0.15) is 0 Å². The molecule has 3 nitrogen and oxygen atoms in total. The van der Waals surface area contributed by atoms with Crippen molar-refractivity contribution >= 4 is 25.0 Å². The number of benzene rings is 2. The minimum Gasteiger partial charge on any atom is -0.505 e. The molecule has 0 saturated carbocycles. The maximum Gasteiger partial charge on any atom is 0.796 e. The molecule has 124 valence electrons. The minimum atomic E-state index is -2.97. The van der Waals surface area contributed by atoms with Crippen LogP contribution in [0.1, 0.15) is 21.5 Å². The van der Waals surface area contributed by atoms with Crippen LogP contribution in [0.25, 0.3) is 6.08 Å². The van der Waals surface area contributed by atoms with E-state index in [2.05, 4.69) is 4.65 Å². The fourth-order valence-electron chi connectivity index (χ4n) is 2.18. The van der Waals surface area contributed by atoms with E-state index >= 15 is 0 Å². The fourth-order valence-corrected chi connectivity index (χ4v) is 2.18. The van der Waals surface area contributed by atoms with Gasteiger partial charge in [-0.15, -0.1) is 0 Å². The molecule has 0 fully saturated rings. The van der Waals surface area contributed by atoms with Crippen molar-refractivity contribution in [2.75, 3.05) is 19.0 Å². The van der Waals surface area contributed by atoms with E-state index in [1.807, 2.05) is 43.3 Å². The average Bonchev–Trinajstić information content (AvgIpc) is 2.54. The van der Waals surface area contributed by atoms with Crippen LogP contribution in [0.3, 0.4) is 0 Å². The van der Waals surface area contributed by atoms with Crippen LogP contribution in [0.5, 0.6) is 5.75 Å². The third kappa shape index (κ3) is 4.68. The average molecular weight is 329 g/mol. The molecular weight excluding hydrogens is 311 g/mol. The van der Waals surface area contributed by atoms with Gasteiger partial charge in [0, 0.05) is 19.8 Å². The molecule has 0 bridgehead atoms. The van der Waals surface area contributed by atoms with Crippen LogP contribution in [0, 0.1) is 6.92 Å². The van der Waals surface area contributed by atoms with Gasteiger partial charge in [-0.3, -0.25) is 4.79 Å². The zero-order valence-corrected chi connectivity index (χ0v) is 13.8. The molecule has 0 amide bonds. The summed E-state index contributed by atoms with van der Waals surface area (Å²) in [5, 5.41) is 0. The van der Waals surface area contributed by atoms with E-state index in [0.717, 1.165) is 16.8 Å². The Bertz CT molecular complexity index is 743. The smallest absolute Gasteiger partial charge is 0.505 e. The maximum absolute atomic E-state index is 12.5. The van der Waals surface area contributed by atoms with Crippen molar-refractivity contribution in [2.24, 2.45) is 0 Å². The summed E-state index contributed by atoms with van der Waals surface area (Å²) in [6.07, 6.45) is 3.01. The zero-order valence-electron chi connectivity index (χ0n) is 13.8. The Morgan fingerprint density at radius 1 is 1.12 bits per heavy atom. The Morgan fingerprint density at radius 3 is 2.38 bits per heavy atom. The molecule has 0 atom stereocenters. The number of aryl methyl sites for hydroxylation is 1. The van der Waals surface area contributed by atoms with Gasteiger partial charge in [-0.1, -0.05) is 29.8 Å². The first-order valence-corrected chi connectivity index (χ1v) is 7.42. The van der Waals surface area contributed by atoms with Crippen LogP contribution >= 0.6 is 0 Å². The number of ketones is 1. The quantitative estimate of drug-likeness (QED) is 0.451. The Morgan fingerprint density at radius 2 is 1.79 bits per heavy atom. The van der Waals surface area contributed by atoms with Crippen molar-refractivity contribution < 1.29 is 18.1 Å². The molecule has 0 N–H and O–H groups in total. The minimum absolute atomic E-state index is 0.117. The summed E-state index contributed by atoms with van der Waals surface area (Å²) in [6, 6.07) is 12.2. The van der Waals surface area contributed by atoms with E-state index in [0.29, 0.717) is 0 Å². The van der Waals surface area contributed by atoms with Crippen LogP contribution in [-0.2, 0) is 0 Å². The van der Waals surface area contributed by atoms with Crippen LogP contribution in [-0.4, -0.2) is 27.3 Å². The van der Waals surface area contributed by atoms with Crippen molar-refractivity contribution in [2.45, 2.75) is 6.92 Å². The fraction of sp³-hybridized carbons (Fsp3) is 0.167. The van der Waals surface area contributed by atoms with Gasteiger partial charge >= 0.3 is 7.47 Å². The number of hydrogen-bond acceptors (Lipinski definition) is 3. The number of hydrogen-bond donors (Lipinski definition) is 0. The molecule has 6 heteroatoms. The molecule has 0 aliphatic carbocycles. The molecule has 2 aromatic rings. The van der Waals surface area contributed by atoms with Crippen LogP contribution in [0.4, 0.5) is 14.3 Å². The maximum atomic E-state index is 12.5. The summed E-state index contributed by atoms with van der Waals surface area (Å²) >= 11 is 0. The largest absolute Gasteiger partial charge is 0.796 e. The molecule has 0 heterocycles. The summed E-state index contributed by atoms with van der Waals surface area (Å²) in [6.45, 7) is 1.78. The highest BCUT2D eigenvalue weighted by Crippen LogP contribution is 2.23. The highest BCUT2D eigenvalue weighted by atomic mass is 19.2. The predicted octanol–water partition coefficient (Wildman–Crippen LogP) is 4.26. The van der Waals surface area contributed by atoms with Gasteiger partial charge in [0.2, 0.25) is 0 Å². The number of carbonyl (C=O) groups excluding carboxylic acids is 1. The predicted molar refractivity (Wildman–Crippen MR) is 93.9 cm³/mol. The van der Waals surface area contributed by atoms with E-state index < -0.39 is 7.47 Å². The van der Waals surface area contributed by atoms with Gasteiger partial charge in [0.1, 0.15) is 5.75 Å². The topological polar surface area (TPSA) is 29.5 Å². The molecule has 2 aromatic carbocycles. The lowest BCUT2D eigenvalue weighted by Gasteiger charge is -2.11. The van der Waals surface area contributed by atoms with E-state index in [1.54, 1.807) is 25.1 Å². The molecule has 0 saturated heterocycles. The number of carbonyl (C=O) groups is 1. The van der Waals surface area contributed by atoms with Crippen molar-refractivity contribution in [3.8, 4) is 5.75 Å². The Balaban J connectivity index is 2.21. The van der Waals surface area contributed by atoms with Crippen molar-refractivity contribution in [3.05, 3.63) is 65.2 Å². The van der Waals surface area contributed by atoms with Gasteiger partial charge in [-0.25, -0.2) is 8.63 Å². The zero-order chi connectivity index (χ0) is 17.7. The van der Waals surface area contributed by atoms with E-state index in [9.17, 15) is 13.4 Å². The van der Waals surface area contributed by atoms with Gasteiger partial charge < -0.3 is 9.55 Å². The molecule has 0 unspecified atom stereocenters. The second-order valence-corrected chi connectivity index (χ2v) is 5.56. The van der Waals surface area contributed by atoms with Crippen LogP contribution < -0.4 is 9.55 Å². The number of anilines is 1. The molecule has 0 spiro atoms. The summed E-state index contributed by atoms with van der Waals surface area (Å²) < 4.78 is 29.3. The van der Waals surface area contributed by atoms with Gasteiger partial charge in [0.15, 0.2) is 5.78 Å². The summed E-state index contributed by atoms with van der Waals surface area (Å²) in [5.74, 6) is -0.501. The molecule has 0 aliphatic heterocycles. The third-order valence-electron chi connectivity index (χ3n) is 3.45. The van der Waals surface area contributed by atoms with Crippen molar-refractivity contribution in [3.63, 3.8) is 0 Å².